The first-order chi connectivity index (χ1) is 28.8. The molecule has 0 aliphatic rings. The van der Waals surface area contributed by atoms with Crippen LogP contribution in [-0.4, -0.2) is 14.5 Å². The molecule has 0 N–H and O–H groups in total. The summed E-state index contributed by atoms with van der Waals surface area (Å²) in [5.41, 5.74) is 7.48. The number of rotatable bonds is 3. The Morgan fingerprint density at radius 2 is 0.983 bits per heavy atom. The zero-order valence-electron chi connectivity index (χ0n) is 31.1. The van der Waals surface area contributed by atoms with Crippen molar-refractivity contribution in [2.24, 2.45) is 0 Å². The summed E-state index contributed by atoms with van der Waals surface area (Å²) in [6.07, 6.45) is 0. The summed E-state index contributed by atoms with van der Waals surface area (Å²) in [7, 11) is 0. The molecule has 3 nitrogen and oxygen atoms in total. The first-order valence-corrected chi connectivity index (χ1v) is 20.6. The molecule has 4 heteroatoms. The van der Waals surface area contributed by atoms with Crippen molar-refractivity contribution in [3.05, 3.63) is 188 Å². The van der Waals surface area contributed by atoms with Gasteiger partial charge in [0.2, 0.25) is 5.95 Å². The molecule has 3 aromatic heterocycles. The molecule has 13 aromatic rings. The van der Waals surface area contributed by atoms with Gasteiger partial charge in [-0.05, 0) is 62.3 Å². The van der Waals surface area contributed by atoms with Crippen LogP contribution in [0.15, 0.2) is 188 Å². The van der Waals surface area contributed by atoms with E-state index in [4.69, 9.17) is 9.97 Å². The standard InChI is InChI=1S/C54H31N3S/c1-2-15-32(16-3-1)34-18-14-19-35(31-34)50-43-30-29-33-17-4-5-20-36(33)51(43)56-54(55-50)57-44-27-12-10-25-41(44)48-46-39-23-8-6-21-37(39)38-22-7-9-24-40(38)47(46)49-42-26-11-13-28-45(42)58-53(49)52(48)57/h1-31H. The number of benzene rings is 10. The summed E-state index contributed by atoms with van der Waals surface area (Å²) in [6.45, 7) is 0. The van der Waals surface area contributed by atoms with Crippen LogP contribution < -0.4 is 0 Å². The van der Waals surface area contributed by atoms with E-state index in [2.05, 4.69) is 193 Å². The van der Waals surface area contributed by atoms with Crippen molar-refractivity contribution in [2.75, 3.05) is 0 Å². The third kappa shape index (κ3) is 4.38. The van der Waals surface area contributed by atoms with Gasteiger partial charge in [0.1, 0.15) is 0 Å². The maximum Gasteiger partial charge on any atom is 0.235 e. The van der Waals surface area contributed by atoms with Crippen molar-refractivity contribution in [1.29, 1.82) is 0 Å². The average molecular weight is 754 g/mol. The summed E-state index contributed by atoms with van der Waals surface area (Å²) in [5.74, 6) is 0.665. The minimum Gasteiger partial charge on any atom is -0.276 e. The Morgan fingerprint density at radius 1 is 0.379 bits per heavy atom. The second kappa shape index (κ2) is 12.1. The topological polar surface area (TPSA) is 30.7 Å². The van der Waals surface area contributed by atoms with Crippen LogP contribution in [0.25, 0.3) is 124 Å². The van der Waals surface area contributed by atoms with Gasteiger partial charge in [0, 0.05) is 53.4 Å². The fourth-order valence-corrected chi connectivity index (χ4v) is 10.9. The van der Waals surface area contributed by atoms with Crippen molar-refractivity contribution < 1.29 is 0 Å². The van der Waals surface area contributed by atoms with Gasteiger partial charge in [-0.1, -0.05) is 164 Å². The van der Waals surface area contributed by atoms with Crippen molar-refractivity contribution >= 4 is 107 Å². The van der Waals surface area contributed by atoms with E-state index in [9.17, 15) is 0 Å². The summed E-state index contributed by atoms with van der Waals surface area (Å²) < 4.78 is 4.89. The molecule has 268 valence electrons. The SMILES string of the molecule is c1ccc(-c2cccc(-c3nc(-n4c5ccccc5c5c6c7ccccc7c7ccccc7c6c6c7ccccc7sc6c54)nc4c3ccc3ccccc34)c2)cc1. The van der Waals surface area contributed by atoms with Gasteiger partial charge < -0.3 is 0 Å². The van der Waals surface area contributed by atoms with Crippen LogP contribution in [-0.2, 0) is 0 Å². The highest BCUT2D eigenvalue weighted by atomic mass is 32.1. The van der Waals surface area contributed by atoms with E-state index in [0.29, 0.717) is 5.95 Å². The summed E-state index contributed by atoms with van der Waals surface area (Å²) in [6, 6.07) is 68.0. The fourth-order valence-electron chi connectivity index (χ4n) is 9.69. The molecule has 3 heterocycles. The Hall–Kier alpha value is -7.40. The predicted octanol–water partition coefficient (Wildman–Crippen LogP) is 15.0. The lowest BCUT2D eigenvalue weighted by Gasteiger charge is -2.16. The zero-order valence-corrected chi connectivity index (χ0v) is 32.0. The molecular weight excluding hydrogens is 723 g/mol. The van der Waals surface area contributed by atoms with Crippen LogP contribution in [0.4, 0.5) is 0 Å². The Balaban J connectivity index is 1.26. The third-order valence-corrected chi connectivity index (χ3v) is 13.3. The molecule has 0 spiro atoms. The minimum absolute atomic E-state index is 0.665. The first kappa shape index (κ1) is 31.8. The molecule has 58 heavy (non-hydrogen) atoms. The first-order valence-electron chi connectivity index (χ1n) is 19.8. The molecule has 0 aliphatic carbocycles. The highest BCUT2D eigenvalue weighted by Gasteiger charge is 2.26. The molecular formula is C54H31N3S. The third-order valence-electron chi connectivity index (χ3n) is 12.1. The van der Waals surface area contributed by atoms with Crippen LogP contribution in [0.1, 0.15) is 0 Å². The maximum atomic E-state index is 5.67. The largest absolute Gasteiger partial charge is 0.276 e. The number of hydrogen-bond acceptors (Lipinski definition) is 3. The van der Waals surface area contributed by atoms with Gasteiger partial charge in [0.25, 0.3) is 0 Å². The number of para-hydroxylation sites is 1. The highest BCUT2D eigenvalue weighted by molar-refractivity contribution is 7.27. The van der Waals surface area contributed by atoms with Gasteiger partial charge in [-0.15, -0.1) is 11.3 Å². The second-order valence-electron chi connectivity index (χ2n) is 15.2. The molecule has 0 saturated carbocycles. The van der Waals surface area contributed by atoms with Crippen LogP contribution in [0.5, 0.6) is 0 Å². The molecule has 13 rings (SSSR count). The lowest BCUT2D eigenvalue weighted by molar-refractivity contribution is 1.02. The Morgan fingerprint density at radius 3 is 1.78 bits per heavy atom. The fraction of sp³-hybridized carbons (Fsp3) is 0. The molecule has 0 amide bonds. The Kier molecular flexibility index (Phi) is 6.60. The highest BCUT2D eigenvalue weighted by Crippen LogP contribution is 2.51. The quantitative estimate of drug-likeness (QED) is 0.168. The Bertz CT molecular complexity index is 3860. The van der Waals surface area contributed by atoms with Crippen molar-refractivity contribution in [2.45, 2.75) is 0 Å². The normalized spacial score (nSPS) is 12.1. The van der Waals surface area contributed by atoms with E-state index in [1.807, 2.05) is 11.3 Å². The van der Waals surface area contributed by atoms with Gasteiger partial charge >= 0.3 is 0 Å². The molecule has 0 bridgehead atoms. The van der Waals surface area contributed by atoms with E-state index < -0.39 is 0 Å². The van der Waals surface area contributed by atoms with Gasteiger partial charge in [0.15, 0.2) is 0 Å². The number of thiophene rings is 1. The zero-order chi connectivity index (χ0) is 37.9. The number of aromatic nitrogens is 3. The van der Waals surface area contributed by atoms with E-state index in [0.717, 1.165) is 49.5 Å². The molecule has 0 unspecified atom stereocenters. The lowest BCUT2D eigenvalue weighted by Crippen LogP contribution is -2.04. The number of nitrogens with zero attached hydrogens (tertiary/aromatic N) is 3. The van der Waals surface area contributed by atoms with Crippen molar-refractivity contribution in [3.63, 3.8) is 0 Å². The van der Waals surface area contributed by atoms with Gasteiger partial charge in [-0.25, -0.2) is 9.97 Å². The lowest BCUT2D eigenvalue weighted by atomic mass is 9.89. The maximum absolute atomic E-state index is 5.67. The molecule has 10 aromatic carbocycles. The molecule has 0 aliphatic heterocycles. The van der Waals surface area contributed by atoms with Gasteiger partial charge in [-0.3, -0.25) is 4.57 Å². The van der Waals surface area contributed by atoms with Crippen molar-refractivity contribution in [1.82, 2.24) is 14.5 Å². The van der Waals surface area contributed by atoms with Crippen LogP contribution in [0.2, 0.25) is 0 Å². The summed E-state index contributed by atoms with van der Waals surface area (Å²) in [4.78, 5) is 11.3. The molecule has 0 fully saturated rings. The summed E-state index contributed by atoms with van der Waals surface area (Å²) >= 11 is 1.87. The smallest absolute Gasteiger partial charge is 0.235 e. The van der Waals surface area contributed by atoms with Crippen molar-refractivity contribution in [3.8, 4) is 28.3 Å². The van der Waals surface area contributed by atoms with Crippen LogP contribution >= 0.6 is 11.3 Å². The summed E-state index contributed by atoms with van der Waals surface area (Å²) in [5, 5.41) is 15.9. The van der Waals surface area contributed by atoms with Crippen LogP contribution in [0, 0.1) is 0 Å². The van der Waals surface area contributed by atoms with E-state index in [1.165, 1.54) is 68.8 Å². The molecule has 0 radical (unpaired) electrons. The number of hydrogen-bond donors (Lipinski definition) is 0. The van der Waals surface area contributed by atoms with E-state index >= 15 is 0 Å². The molecule has 0 saturated heterocycles. The van der Waals surface area contributed by atoms with Crippen LogP contribution in [0.3, 0.4) is 0 Å². The monoisotopic (exact) mass is 753 g/mol. The molecule has 0 atom stereocenters. The Labute approximate surface area is 336 Å². The van der Waals surface area contributed by atoms with E-state index in [-0.39, 0.29) is 0 Å². The van der Waals surface area contributed by atoms with Gasteiger partial charge in [0.05, 0.1) is 26.9 Å². The predicted molar refractivity (Wildman–Crippen MR) is 248 cm³/mol. The van der Waals surface area contributed by atoms with E-state index in [1.54, 1.807) is 0 Å². The second-order valence-corrected chi connectivity index (χ2v) is 16.3. The number of fused-ring (bicyclic) bond motifs is 18. The minimum atomic E-state index is 0.665. The average Bonchev–Trinajstić information content (AvgIpc) is 3.86. The van der Waals surface area contributed by atoms with Gasteiger partial charge in [-0.2, -0.15) is 0 Å².